The molecule has 5 nitrogen and oxygen atoms in total. The molecule has 0 fully saturated rings. The van der Waals surface area contributed by atoms with Crippen LogP contribution in [0.25, 0.3) is 98.8 Å². The molecule has 11 aromatic rings. The van der Waals surface area contributed by atoms with Crippen LogP contribution in [0, 0.1) is 0 Å². The Labute approximate surface area is 272 Å². The molecule has 220 valence electrons. The van der Waals surface area contributed by atoms with E-state index in [-0.39, 0.29) is 5.78 Å². The standard InChI is InChI=1S/C43H22N4O/c48-42-27-14-4-3-13-26(27)40-36-29(42)16-9-17-31(36)44-43(45-40)47-34-21-20-23-10-1-2-11-24(23)37(34)39-35(47)22-30-25-12-5-7-18-32(25)46-33-19-8-6-15-28(33)38(39)41(30)46/h1-22H. The molecule has 0 aliphatic heterocycles. The first-order valence-electron chi connectivity index (χ1n) is 16.2. The van der Waals surface area contributed by atoms with E-state index in [2.05, 4.69) is 100.0 Å². The molecule has 0 bridgehead atoms. The molecule has 48 heavy (non-hydrogen) atoms. The van der Waals surface area contributed by atoms with Gasteiger partial charge in [0.05, 0.1) is 38.8 Å². The Kier molecular flexibility index (Phi) is 4.31. The van der Waals surface area contributed by atoms with Crippen molar-refractivity contribution in [2.45, 2.75) is 0 Å². The van der Waals surface area contributed by atoms with Gasteiger partial charge in [0.1, 0.15) is 0 Å². The summed E-state index contributed by atoms with van der Waals surface area (Å²) in [4.78, 5) is 24.2. The van der Waals surface area contributed by atoms with E-state index in [1.807, 2.05) is 42.5 Å². The zero-order valence-corrected chi connectivity index (χ0v) is 25.4. The van der Waals surface area contributed by atoms with Crippen molar-refractivity contribution in [3.63, 3.8) is 0 Å². The molecular weight excluding hydrogens is 589 g/mol. The Morgan fingerprint density at radius 2 is 1.17 bits per heavy atom. The predicted octanol–water partition coefficient (Wildman–Crippen LogP) is 10.2. The van der Waals surface area contributed by atoms with Crippen molar-refractivity contribution in [2.24, 2.45) is 0 Å². The summed E-state index contributed by atoms with van der Waals surface area (Å²) in [6.45, 7) is 0. The van der Waals surface area contributed by atoms with E-state index >= 15 is 0 Å². The third-order valence-electron chi connectivity index (χ3n) is 10.6. The number of para-hydroxylation sites is 2. The second-order valence-corrected chi connectivity index (χ2v) is 12.9. The van der Waals surface area contributed by atoms with E-state index in [0.29, 0.717) is 17.1 Å². The summed E-state index contributed by atoms with van der Waals surface area (Å²) in [5.41, 5.74) is 9.49. The van der Waals surface area contributed by atoms with E-state index < -0.39 is 0 Å². The first-order chi connectivity index (χ1) is 23.8. The van der Waals surface area contributed by atoms with Gasteiger partial charge in [-0.3, -0.25) is 9.36 Å². The Morgan fingerprint density at radius 1 is 0.458 bits per heavy atom. The number of carbonyl (C=O) groups is 1. The molecule has 1 aliphatic carbocycles. The molecule has 0 N–H and O–H groups in total. The Bertz CT molecular complexity index is 3250. The number of fused-ring (bicyclic) bond motifs is 14. The van der Waals surface area contributed by atoms with Crippen molar-refractivity contribution in [3.05, 3.63) is 145 Å². The van der Waals surface area contributed by atoms with Gasteiger partial charge < -0.3 is 4.40 Å². The van der Waals surface area contributed by atoms with Gasteiger partial charge in [-0.25, -0.2) is 9.97 Å². The fourth-order valence-corrected chi connectivity index (χ4v) is 8.68. The van der Waals surface area contributed by atoms with Crippen LogP contribution >= 0.6 is 0 Å². The number of rotatable bonds is 1. The van der Waals surface area contributed by atoms with Gasteiger partial charge in [-0.05, 0) is 41.1 Å². The fraction of sp³-hybridized carbons (Fsp3) is 0. The van der Waals surface area contributed by atoms with Crippen LogP contribution in [-0.2, 0) is 0 Å². The highest BCUT2D eigenvalue weighted by atomic mass is 16.1. The van der Waals surface area contributed by atoms with Crippen molar-refractivity contribution in [2.75, 3.05) is 0 Å². The smallest absolute Gasteiger partial charge is 0.235 e. The number of ketones is 1. The van der Waals surface area contributed by atoms with E-state index in [1.54, 1.807) is 0 Å². The maximum atomic E-state index is 13.6. The number of hydrogen-bond donors (Lipinski definition) is 0. The predicted molar refractivity (Wildman–Crippen MR) is 195 cm³/mol. The summed E-state index contributed by atoms with van der Waals surface area (Å²) in [5, 5.41) is 10.5. The zero-order valence-electron chi connectivity index (χ0n) is 25.4. The molecule has 4 aromatic heterocycles. The summed E-state index contributed by atoms with van der Waals surface area (Å²) in [6, 6.07) is 46.5. The molecule has 0 saturated heterocycles. The lowest BCUT2D eigenvalue weighted by atomic mass is 9.87. The summed E-state index contributed by atoms with van der Waals surface area (Å²) < 4.78 is 4.69. The SMILES string of the molecule is O=C1c2ccccc2-c2nc(-n3c4ccc5ccccc5c4c4c5c6ccccc6n6c7ccccc7c(cc43)c56)nc3cccc1c23. The number of hydrogen-bond acceptors (Lipinski definition) is 3. The van der Waals surface area contributed by atoms with Gasteiger partial charge in [-0.2, -0.15) is 0 Å². The number of carbonyl (C=O) groups excluding carboxylic acids is 1. The molecule has 0 amide bonds. The third-order valence-corrected chi connectivity index (χ3v) is 10.6. The molecule has 4 heterocycles. The first-order valence-corrected chi connectivity index (χ1v) is 16.2. The monoisotopic (exact) mass is 610 g/mol. The number of aromatic nitrogens is 4. The van der Waals surface area contributed by atoms with Gasteiger partial charge in [-0.1, -0.05) is 103 Å². The average molecular weight is 611 g/mol. The minimum Gasteiger partial charge on any atom is -0.308 e. The molecule has 0 saturated carbocycles. The molecule has 5 heteroatoms. The van der Waals surface area contributed by atoms with Crippen molar-refractivity contribution in [1.29, 1.82) is 0 Å². The summed E-state index contributed by atoms with van der Waals surface area (Å²) >= 11 is 0. The second-order valence-electron chi connectivity index (χ2n) is 12.9. The van der Waals surface area contributed by atoms with Crippen molar-refractivity contribution in [3.8, 4) is 17.2 Å². The van der Waals surface area contributed by atoms with Crippen molar-refractivity contribution < 1.29 is 4.79 Å². The fourth-order valence-electron chi connectivity index (χ4n) is 8.68. The van der Waals surface area contributed by atoms with Gasteiger partial charge in [0.2, 0.25) is 5.95 Å². The van der Waals surface area contributed by atoms with Gasteiger partial charge >= 0.3 is 0 Å². The van der Waals surface area contributed by atoms with E-state index in [9.17, 15) is 4.79 Å². The maximum absolute atomic E-state index is 13.6. The van der Waals surface area contributed by atoms with Gasteiger partial charge in [0.15, 0.2) is 5.78 Å². The minimum atomic E-state index is 0.0175. The highest BCUT2D eigenvalue weighted by Crippen LogP contribution is 2.48. The number of nitrogens with zero attached hydrogens (tertiary/aromatic N) is 4. The first kappa shape index (κ1) is 24.6. The molecule has 12 rings (SSSR count). The van der Waals surface area contributed by atoms with Crippen molar-refractivity contribution in [1.82, 2.24) is 18.9 Å². The minimum absolute atomic E-state index is 0.0175. The van der Waals surface area contributed by atoms with Gasteiger partial charge in [0, 0.05) is 54.4 Å². The highest BCUT2D eigenvalue weighted by Gasteiger charge is 2.29. The maximum Gasteiger partial charge on any atom is 0.235 e. The lowest BCUT2D eigenvalue weighted by molar-refractivity contribution is 0.104. The van der Waals surface area contributed by atoms with Crippen LogP contribution in [0.5, 0.6) is 0 Å². The Balaban J connectivity index is 1.35. The van der Waals surface area contributed by atoms with Gasteiger partial charge in [0.25, 0.3) is 0 Å². The summed E-state index contributed by atoms with van der Waals surface area (Å²) in [5.74, 6) is 0.611. The Hall–Kier alpha value is -6.59. The average Bonchev–Trinajstić information content (AvgIpc) is 3.78. The second kappa shape index (κ2) is 8.41. The molecular formula is C43H22N4O. The van der Waals surface area contributed by atoms with Crippen LogP contribution in [-0.4, -0.2) is 24.7 Å². The van der Waals surface area contributed by atoms with Crippen LogP contribution in [0.15, 0.2) is 133 Å². The zero-order chi connectivity index (χ0) is 31.2. The van der Waals surface area contributed by atoms with Crippen LogP contribution in [0.1, 0.15) is 15.9 Å². The van der Waals surface area contributed by atoms with Gasteiger partial charge in [-0.15, -0.1) is 0 Å². The normalized spacial score (nSPS) is 13.0. The summed E-state index contributed by atoms with van der Waals surface area (Å²) in [6.07, 6.45) is 0. The summed E-state index contributed by atoms with van der Waals surface area (Å²) in [7, 11) is 0. The lowest BCUT2D eigenvalue weighted by Gasteiger charge is -2.19. The Morgan fingerprint density at radius 3 is 2.04 bits per heavy atom. The highest BCUT2D eigenvalue weighted by molar-refractivity contribution is 6.38. The van der Waals surface area contributed by atoms with Crippen LogP contribution in [0.3, 0.4) is 0 Å². The molecule has 0 atom stereocenters. The van der Waals surface area contributed by atoms with E-state index in [4.69, 9.17) is 9.97 Å². The quantitative estimate of drug-likeness (QED) is 0.186. The molecule has 0 unspecified atom stereocenters. The van der Waals surface area contributed by atoms with Crippen LogP contribution in [0.4, 0.5) is 0 Å². The lowest BCUT2D eigenvalue weighted by Crippen LogP contribution is -2.13. The topological polar surface area (TPSA) is 52.2 Å². The molecule has 0 spiro atoms. The van der Waals surface area contributed by atoms with Crippen LogP contribution in [0.2, 0.25) is 0 Å². The molecule has 1 aliphatic rings. The van der Waals surface area contributed by atoms with Crippen molar-refractivity contribution >= 4 is 87.4 Å². The number of benzene rings is 7. The van der Waals surface area contributed by atoms with E-state index in [1.165, 1.54) is 59.6 Å². The molecule has 0 radical (unpaired) electrons. The van der Waals surface area contributed by atoms with Crippen LogP contribution < -0.4 is 0 Å². The van der Waals surface area contributed by atoms with E-state index in [0.717, 1.165) is 33.2 Å². The third kappa shape index (κ3) is 2.79. The largest absolute Gasteiger partial charge is 0.308 e. The molecule has 7 aromatic carbocycles.